The fourth-order valence-electron chi connectivity index (χ4n) is 2.27. The molecule has 0 radical (unpaired) electrons. The molecule has 1 atom stereocenters. The highest BCUT2D eigenvalue weighted by atomic mass is 16.5. The Kier molecular flexibility index (Phi) is 4.91. The van der Waals surface area contributed by atoms with Crippen LogP contribution in [0.25, 0.3) is 10.9 Å². The summed E-state index contributed by atoms with van der Waals surface area (Å²) in [4.78, 5) is 8.63. The predicted octanol–water partition coefficient (Wildman–Crippen LogP) is 4.26. The fraction of sp³-hybridized carbons (Fsp3) is 0.263. The lowest BCUT2D eigenvalue weighted by Gasteiger charge is -2.08. The standard InChI is InChI=1S/C19H20N2O3/c1-3-10-23-16-5-7-17(8-6-16)24-19-20-12-15-11-14(13(2)22)4-9-18(15)21-19/h4-9,11-13,22H,3,10H2,1-2H3. The summed E-state index contributed by atoms with van der Waals surface area (Å²) in [5.41, 5.74) is 1.61. The molecular weight excluding hydrogens is 304 g/mol. The Morgan fingerprint density at radius 2 is 1.83 bits per heavy atom. The van der Waals surface area contributed by atoms with Gasteiger partial charge in [0.15, 0.2) is 0 Å². The van der Waals surface area contributed by atoms with Crippen LogP contribution in [0.3, 0.4) is 0 Å². The van der Waals surface area contributed by atoms with Crippen LogP contribution in [-0.2, 0) is 0 Å². The minimum atomic E-state index is -0.515. The zero-order valence-corrected chi connectivity index (χ0v) is 13.8. The Morgan fingerprint density at radius 3 is 2.54 bits per heavy atom. The van der Waals surface area contributed by atoms with E-state index in [2.05, 4.69) is 16.9 Å². The molecule has 3 rings (SSSR count). The molecule has 0 aliphatic carbocycles. The van der Waals surface area contributed by atoms with Crippen LogP contribution in [0.15, 0.2) is 48.7 Å². The number of ether oxygens (including phenoxy) is 2. The van der Waals surface area contributed by atoms with Crippen LogP contribution in [-0.4, -0.2) is 21.7 Å². The fourth-order valence-corrected chi connectivity index (χ4v) is 2.27. The summed E-state index contributed by atoms with van der Waals surface area (Å²) in [6.07, 6.45) is 2.15. The Balaban J connectivity index is 1.76. The van der Waals surface area contributed by atoms with E-state index in [1.165, 1.54) is 0 Å². The molecule has 1 aromatic heterocycles. The highest BCUT2D eigenvalue weighted by Gasteiger charge is 2.06. The van der Waals surface area contributed by atoms with Gasteiger partial charge >= 0.3 is 6.01 Å². The lowest BCUT2D eigenvalue weighted by atomic mass is 10.1. The van der Waals surface area contributed by atoms with Crippen molar-refractivity contribution in [3.05, 3.63) is 54.2 Å². The Bertz CT molecular complexity index is 816. The van der Waals surface area contributed by atoms with Gasteiger partial charge < -0.3 is 14.6 Å². The van der Waals surface area contributed by atoms with E-state index in [1.54, 1.807) is 13.1 Å². The van der Waals surface area contributed by atoms with Gasteiger partial charge in [-0.1, -0.05) is 13.0 Å². The summed E-state index contributed by atoms with van der Waals surface area (Å²) in [7, 11) is 0. The zero-order chi connectivity index (χ0) is 16.9. The second-order valence-electron chi connectivity index (χ2n) is 5.57. The van der Waals surface area contributed by atoms with Crippen LogP contribution in [0, 0.1) is 0 Å². The van der Waals surface area contributed by atoms with Crippen LogP contribution in [0.4, 0.5) is 0 Å². The third kappa shape index (κ3) is 3.81. The maximum atomic E-state index is 9.63. The minimum Gasteiger partial charge on any atom is -0.494 e. The van der Waals surface area contributed by atoms with Crippen molar-refractivity contribution in [3.63, 3.8) is 0 Å². The molecule has 124 valence electrons. The monoisotopic (exact) mass is 324 g/mol. The molecule has 1 N–H and O–H groups in total. The summed E-state index contributed by atoms with van der Waals surface area (Å²) >= 11 is 0. The Hall–Kier alpha value is -2.66. The van der Waals surface area contributed by atoms with Crippen molar-refractivity contribution in [2.24, 2.45) is 0 Å². The second-order valence-corrected chi connectivity index (χ2v) is 5.57. The number of aliphatic hydroxyl groups is 1. The van der Waals surface area contributed by atoms with Crippen LogP contribution in [0.2, 0.25) is 0 Å². The third-order valence-electron chi connectivity index (χ3n) is 3.57. The lowest BCUT2D eigenvalue weighted by Crippen LogP contribution is -1.96. The predicted molar refractivity (Wildman–Crippen MR) is 92.5 cm³/mol. The smallest absolute Gasteiger partial charge is 0.322 e. The molecule has 0 fully saturated rings. The number of aromatic nitrogens is 2. The molecule has 0 spiro atoms. The maximum absolute atomic E-state index is 9.63. The van der Waals surface area contributed by atoms with Crippen molar-refractivity contribution in [3.8, 4) is 17.5 Å². The first-order valence-electron chi connectivity index (χ1n) is 8.01. The number of fused-ring (bicyclic) bond motifs is 1. The van der Waals surface area contributed by atoms with E-state index >= 15 is 0 Å². The summed E-state index contributed by atoms with van der Waals surface area (Å²) in [6.45, 7) is 4.49. The molecule has 3 aromatic rings. The average molecular weight is 324 g/mol. The van der Waals surface area contributed by atoms with E-state index in [4.69, 9.17) is 9.47 Å². The molecule has 24 heavy (non-hydrogen) atoms. The van der Waals surface area contributed by atoms with E-state index in [-0.39, 0.29) is 6.01 Å². The Labute approximate surface area is 140 Å². The first-order chi connectivity index (χ1) is 11.7. The van der Waals surface area contributed by atoms with Crippen molar-refractivity contribution >= 4 is 10.9 Å². The SMILES string of the molecule is CCCOc1ccc(Oc2ncc3cc(C(C)O)ccc3n2)cc1. The van der Waals surface area contributed by atoms with Gasteiger partial charge in [-0.3, -0.25) is 0 Å². The summed E-state index contributed by atoms with van der Waals surface area (Å²) in [6, 6.07) is 13.3. The average Bonchev–Trinajstić information content (AvgIpc) is 2.60. The molecule has 0 aliphatic rings. The quantitative estimate of drug-likeness (QED) is 0.734. The van der Waals surface area contributed by atoms with Crippen molar-refractivity contribution in [2.75, 3.05) is 6.61 Å². The van der Waals surface area contributed by atoms with Crippen LogP contribution < -0.4 is 9.47 Å². The van der Waals surface area contributed by atoms with Crippen LogP contribution >= 0.6 is 0 Å². The van der Waals surface area contributed by atoms with E-state index < -0.39 is 6.10 Å². The summed E-state index contributed by atoms with van der Waals surface area (Å²) in [5, 5.41) is 10.5. The minimum absolute atomic E-state index is 0.287. The molecule has 0 bridgehead atoms. The van der Waals surface area contributed by atoms with Gasteiger partial charge in [-0.25, -0.2) is 4.98 Å². The molecule has 5 heteroatoms. The van der Waals surface area contributed by atoms with Gasteiger partial charge in [0.25, 0.3) is 0 Å². The van der Waals surface area contributed by atoms with Gasteiger partial charge in [0.1, 0.15) is 11.5 Å². The number of benzene rings is 2. The molecule has 5 nitrogen and oxygen atoms in total. The van der Waals surface area contributed by atoms with Crippen molar-refractivity contribution in [1.29, 1.82) is 0 Å². The highest BCUT2D eigenvalue weighted by molar-refractivity contribution is 5.78. The van der Waals surface area contributed by atoms with Crippen molar-refractivity contribution < 1.29 is 14.6 Å². The van der Waals surface area contributed by atoms with Gasteiger partial charge in [-0.05, 0) is 55.3 Å². The van der Waals surface area contributed by atoms with E-state index in [9.17, 15) is 5.11 Å². The number of aliphatic hydroxyl groups excluding tert-OH is 1. The second kappa shape index (κ2) is 7.27. The molecule has 1 heterocycles. The molecule has 1 unspecified atom stereocenters. The van der Waals surface area contributed by atoms with Gasteiger partial charge in [0.05, 0.1) is 18.2 Å². The summed E-state index contributed by atoms with van der Waals surface area (Å²) in [5.74, 6) is 1.47. The van der Waals surface area contributed by atoms with Crippen LogP contribution in [0.5, 0.6) is 17.5 Å². The molecule has 0 saturated heterocycles. The molecule has 0 aliphatic heterocycles. The molecule has 2 aromatic carbocycles. The van der Waals surface area contributed by atoms with Gasteiger partial charge in [-0.15, -0.1) is 0 Å². The number of hydrogen-bond donors (Lipinski definition) is 1. The summed E-state index contributed by atoms with van der Waals surface area (Å²) < 4.78 is 11.2. The van der Waals surface area contributed by atoms with Crippen molar-refractivity contribution in [1.82, 2.24) is 9.97 Å². The first-order valence-corrected chi connectivity index (χ1v) is 8.01. The third-order valence-corrected chi connectivity index (χ3v) is 3.57. The molecule has 0 amide bonds. The van der Waals surface area contributed by atoms with E-state index in [0.29, 0.717) is 12.4 Å². The first kappa shape index (κ1) is 16.2. The molecule has 0 saturated carbocycles. The van der Waals surface area contributed by atoms with Gasteiger partial charge in [0, 0.05) is 11.6 Å². The lowest BCUT2D eigenvalue weighted by molar-refractivity contribution is 0.199. The Morgan fingerprint density at radius 1 is 1.08 bits per heavy atom. The van der Waals surface area contributed by atoms with Crippen LogP contribution in [0.1, 0.15) is 31.9 Å². The number of nitrogens with zero attached hydrogens (tertiary/aromatic N) is 2. The topological polar surface area (TPSA) is 64.5 Å². The normalized spacial score (nSPS) is 12.1. The largest absolute Gasteiger partial charge is 0.494 e. The number of hydrogen-bond acceptors (Lipinski definition) is 5. The zero-order valence-electron chi connectivity index (χ0n) is 13.8. The highest BCUT2D eigenvalue weighted by Crippen LogP contribution is 2.24. The van der Waals surface area contributed by atoms with Gasteiger partial charge in [0.2, 0.25) is 0 Å². The number of rotatable bonds is 6. The molecular formula is C19H20N2O3. The van der Waals surface area contributed by atoms with E-state index in [1.807, 2.05) is 42.5 Å². The van der Waals surface area contributed by atoms with Gasteiger partial charge in [-0.2, -0.15) is 4.98 Å². The van der Waals surface area contributed by atoms with Crippen molar-refractivity contribution in [2.45, 2.75) is 26.4 Å². The van der Waals surface area contributed by atoms with E-state index in [0.717, 1.165) is 28.6 Å². The maximum Gasteiger partial charge on any atom is 0.322 e.